The number of aromatic amines is 1. The Kier molecular flexibility index (Phi) is 4.26. The molecule has 2 aromatic heterocycles. The van der Waals surface area contributed by atoms with Crippen molar-refractivity contribution in [3.05, 3.63) is 42.5 Å². The average molecular weight is 286 g/mol. The van der Waals surface area contributed by atoms with Crippen LogP contribution in [0.5, 0.6) is 0 Å². The molecule has 2 aromatic rings. The number of aromatic nitrogens is 2. The largest absolute Gasteiger partial charge is 0.379 e. The van der Waals surface area contributed by atoms with E-state index in [-0.39, 0.29) is 11.1 Å². The predicted molar refractivity (Wildman–Crippen MR) is 89.8 cm³/mol. The van der Waals surface area contributed by atoms with Crippen molar-refractivity contribution in [3.63, 3.8) is 0 Å². The molecule has 0 fully saturated rings. The van der Waals surface area contributed by atoms with Crippen molar-refractivity contribution >= 4 is 11.4 Å². The molecule has 0 aromatic carbocycles. The van der Waals surface area contributed by atoms with E-state index in [4.69, 9.17) is 0 Å². The number of pyridine rings is 1. The van der Waals surface area contributed by atoms with Crippen LogP contribution < -0.4 is 10.6 Å². The van der Waals surface area contributed by atoms with E-state index in [1.807, 2.05) is 24.7 Å². The highest BCUT2D eigenvalue weighted by Gasteiger charge is 2.19. The number of hydrogen-bond donors (Lipinski definition) is 3. The standard InChI is InChI=1S/C17H26N4/c1-16(2,3)20-14-7-6-13(19-12-14)10-17(4,5)21-15-8-9-18-11-15/h6-9,11-12,18,20-21H,10H2,1-5H3. The lowest BCUT2D eigenvalue weighted by molar-refractivity contribution is 0.556. The van der Waals surface area contributed by atoms with Gasteiger partial charge in [-0.1, -0.05) is 0 Å². The van der Waals surface area contributed by atoms with Crippen molar-refractivity contribution in [2.24, 2.45) is 0 Å². The number of rotatable bonds is 5. The van der Waals surface area contributed by atoms with Crippen LogP contribution >= 0.6 is 0 Å². The number of nitrogens with one attached hydrogen (secondary N) is 3. The molecule has 0 saturated carbocycles. The highest BCUT2D eigenvalue weighted by molar-refractivity contribution is 5.45. The first kappa shape index (κ1) is 15.4. The van der Waals surface area contributed by atoms with Crippen molar-refractivity contribution in [3.8, 4) is 0 Å². The molecule has 2 heterocycles. The summed E-state index contributed by atoms with van der Waals surface area (Å²) in [4.78, 5) is 7.63. The molecular formula is C17H26N4. The van der Waals surface area contributed by atoms with Crippen LogP contribution in [0.4, 0.5) is 11.4 Å². The van der Waals surface area contributed by atoms with E-state index in [0.717, 1.165) is 23.5 Å². The van der Waals surface area contributed by atoms with Crippen LogP contribution in [0, 0.1) is 0 Å². The van der Waals surface area contributed by atoms with Crippen LogP contribution in [0.15, 0.2) is 36.8 Å². The van der Waals surface area contributed by atoms with Crippen LogP contribution in [-0.2, 0) is 6.42 Å². The Morgan fingerprint density at radius 2 is 1.76 bits per heavy atom. The maximum atomic E-state index is 4.57. The monoisotopic (exact) mass is 286 g/mol. The quantitative estimate of drug-likeness (QED) is 0.777. The predicted octanol–water partition coefficient (Wildman–Crippen LogP) is 4.05. The second-order valence-electron chi connectivity index (χ2n) is 7.20. The van der Waals surface area contributed by atoms with E-state index in [0.29, 0.717) is 0 Å². The van der Waals surface area contributed by atoms with Gasteiger partial charge in [-0.2, -0.15) is 0 Å². The summed E-state index contributed by atoms with van der Waals surface area (Å²) in [5, 5.41) is 6.94. The maximum absolute atomic E-state index is 4.57. The lowest BCUT2D eigenvalue weighted by Gasteiger charge is -2.27. The van der Waals surface area contributed by atoms with Gasteiger partial charge >= 0.3 is 0 Å². The summed E-state index contributed by atoms with van der Waals surface area (Å²) in [5.41, 5.74) is 3.25. The zero-order valence-electron chi connectivity index (χ0n) is 13.6. The van der Waals surface area contributed by atoms with Gasteiger partial charge in [0, 0.05) is 35.6 Å². The number of hydrogen-bond acceptors (Lipinski definition) is 3. The van der Waals surface area contributed by atoms with Gasteiger partial charge in [0.1, 0.15) is 0 Å². The molecule has 4 nitrogen and oxygen atoms in total. The van der Waals surface area contributed by atoms with Gasteiger partial charge in [0.2, 0.25) is 0 Å². The number of nitrogens with zero attached hydrogens (tertiary/aromatic N) is 1. The second kappa shape index (κ2) is 5.80. The highest BCUT2D eigenvalue weighted by atomic mass is 15.0. The molecule has 0 saturated heterocycles. The van der Waals surface area contributed by atoms with Crippen LogP contribution in [0.25, 0.3) is 0 Å². The van der Waals surface area contributed by atoms with E-state index in [1.54, 1.807) is 0 Å². The topological polar surface area (TPSA) is 52.7 Å². The van der Waals surface area contributed by atoms with E-state index >= 15 is 0 Å². The smallest absolute Gasteiger partial charge is 0.0530 e. The lowest BCUT2D eigenvalue weighted by Crippen LogP contribution is -2.33. The summed E-state index contributed by atoms with van der Waals surface area (Å²) in [6.45, 7) is 10.8. The summed E-state index contributed by atoms with van der Waals surface area (Å²) in [5.74, 6) is 0. The molecule has 0 aliphatic carbocycles. The molecule has 21 heavy (non-hydrogen) atoms. The molecule has 0 bridgehead atoms. The molecular weight excluding hydrogens is 260 g/mol. The van der Waals surface area contributed by atoms with Gasteiger partial charge < -0.3 is 15.6 Å². The summed E-state index contributed by atoms with van der Waals surface area (Å²) in [6, 6.07) is 6.22. The minimum atomic E-state index is -0.0475. The number of anilines is 2. The first-order valence-electron chi connectivity index (χ1n) is 7.38. The van der Waals surface area contributed by atoms with Gasteiger partial charge in [0.15, 0.2) is 0 Å². The van der Waals surface area contributed by atoms with Gasteiger partial charge in [0.25, 0.3) is 0 Å². The van der Waals surface area contributed by atoms with E-state index in [2.05, 4.69) is 67.4 Å². The molecule has 0 unspecified atom stereocenters. The Balaban J connectivity index is 1.99. The van der Waals surface area contributed by atoms with Crippen LogP contribution in [0.1, 0.15) is 40.3 Å². The molecule has 114 valence electrons. The van der Waals surface area contributed by atoms with Crippen LogP contribution in [0.2, 0.25) is 0 Å². The first-order chi connectivity index (χ1) is 9.73. The molecule has 0 atom stereocenters. The Labute approximate surface area is 127 Å². The van der Waals surface area contributed by atoms with Crippen molar-refractivity contribution in [1.82, 2.24) is 9.97 Å². The zero-order chi connectivity index (χ0) is 15.5. The van der Waals surface area contributed by atoms with Gasteiger partial charge in [-0.15, -0.1) is 0 Å². The van der Waals surface area contributed by atoms with Gasteiger partial charge in [-0.25, -0.2) is 0 Å². The molecule has 4 heteroatoms. The number of H-pyrrole nitrogens is 1. The van der Waals surface area contributed by atoms with Gasteiger partial charge in [-0.3, -0.25) is 4.98 Å². The summed E-state index contributed by atoms with van der Waals surface area (Å²) in [6.07, 6.45) is 6.66. The molecule has 2 rings (SSSR count). The van der Waals surface area contributed by atoms with E-state index in [9.17, 15) is 0 Å². The molecule has 0 amide bonds. The second-order valence-corrected chi connectivity index (χ2v) is 7.20. The third-order valence-electron chi connectivity index (χ3n) is 3.05. The first-order valence-corrected chi connectivity index (χ1v) is 7.38. The fraction of sp³-hybridized carbons (Fsp3) is 0.471. The van der Waals surface area contributed by atoms with Gasteiger partial charge in [-0.05, 0) is 52.8 Å². The molecule has 3 N–H and O–H groups in total. The lowest BCUT2D eigenvalue weighted by atomic mass is 9.97. The van der Waals surface area contributed by atoms with Gasteiger partial charge in [0.05, 0.1) is 17.6 Å². The third kappa shape index (κ3) is 5.14. The molecule has 0 aliphatic heterocycles. The Morgan fingerprint density at radius 3 is 2.29 bits per heavy atom. The summed E-state index contributed by atoms with van der Waals surface area (Å²) < 4.78 is 0. The maximum Gasteiger partial charge on any atom is 0.0530 e. The van der Waals surface area contributed by atoms with Crippen molar-refractivity contribution in [2.45, 2.75) is 52.1 Å². The van der Waals surface area contributed by atoms with Crippen molar-refractivity contribution in [1.29, 1.82) is 0 Å². The molecule has 0 spiro atoms. The fourth-order valence-electron chi connectivity index (χ4n) is 2.33. The van der Waals surface area contributed by atoms with Crippen molar-refractivity contribution in [2.75, 3.05) is 10.6 Å². The average Bonchev–Trinajstić information content (AvgIpc) is 2.81. The minimum absolute atomic E-state index is 0.0475. The summed E-state index contributed by atoms with van der Waals surface area (Å²) >= 11 is 0. The highest BCUT2D eigenvalue weighted by Crippen LogP contribution is 2.20. The minimum Gasteiger partial charge on any atom is -0.379 e. The zero-order valence-corrected chi connectivity index (χ0v) is 13.6. The Hall–Kier alpha value is -1.97. The fourth-order valence-corrected chi connectivity index (χ4v) is 2.33. The Morgan fingerprint density at radius 1 is 1.00 bits per heavy atom. The molecule has 0 radical (unpaired) electrons. The third-order valence-corrected chi connectivity index (χ3v) is 3.05. The van der Waals surface area contributed by atoms with E-state index < -0.39 is 0 Å². The molecule has 0 aliphatic rings. The SMILES string of the molecule is CC(C)(C)Nc1ccc(CC(C)(C)Nc2cc[nH]c2)nc1. The van der Waals surface area contributed by atoms with E-state index in [1.165, 1.54) is 0 Å². The normalized spacial score (nSPS) is 12.2. The van der Waals surface area contributed by atoms with Crippen LogP contribution in [0.3, 0.4) is 0 Å². The van der Waals surface area contributed by atoms with Crippen molar-refractivity contribution < 1.29 is 0 Å². The Bertz CT molecular complexity index is 547. The van der Waals surface area contributed by atoms with Crippen LogP contribution in [-0.4, -0.2) is 21.0 Å². The summed E-state index contributed by atoms with van der Waals surface area (Å²) in [7, 11) is 0.